The van der Waals surface area contributed by atoms with Gasteiger partial charge in [-0.15, -0.1) is 0 Å². The molecule has 136 valence electrons. The van der Waals surface area contributed by atoms with Crippen molar-refractivity contribution in [3.63, 3.8) is 0 Å². The molecule has 2 rings (SSSR count). The number of rotatable bonds is 6. The predicted octanol–water partition coefficient (Wildman–Crippen LogP) is 4.25. The summed E-state index contributed by atoms with van der Waals surface area (Å²) in [5.74, 6) is -0.829. The van der Waals surface area contributed by atoms with Crippen LogP contribution >= 0.6 is 11.6 Å². The van der Waals surface area contributed by atoms with Gasteiger partial charge < -0.3 is 9.64 Å². The van der Waals surface area contributed by atoms with E-state index in [0.29, 0.717) is 11.6 Å². The van der Waals surface area contributed by atoms with E-state index in [1.807, 2.05) is 49.4 Å². The van der Waals surface area contributed by atoms with E-state index in [1.165, 1.54) is 11.0 Å². The number of aryl methyl sites for hydroxylation is 1. The van der Waals surface area contributed by atoms with Crippen molar-refractivity contribution in [2.45, 2.75) is 26.5 Å². The zero-order valence-electron chi connectivity index (χ0n) is 15.1. The fraction of sp³-hybridized carbons (Fsp3) is 0.238. The van der Waals surface area contributed by atoms with Crippen LogP contribution in [0.5, 0.6) is 0 Å². The molecule has 0 aliphatic rings. The number of hydrogen-bond acceptors (Lipinski definition) is 3. The molecule has 1 atom stereocenters. The largest absolute Gasteiger partial charge is 0.449 e. The van der Waals surface area contributed by atoms with Crippen molar-refractivity contribution in [1.82, 2.24) is 4.90 Å². The summed E-state index contributed by atoms with van der Waals surface area (Å²) in [5.41, 5.74) is 2.77. The van der Waals surface area contributed by atoms with Crippen molar-refractivity contribution < 1.29 is 14.3 Å². The number of nitrogens with zero attached hydrogens (tertiary/aromatic N) is 1. The number of benzene rings is 2. The first-order valence-corrected chi connectivity index (χ1v) is 8.68. The minimum Gasteiger partial charge on any atom is -0.449 e. The Morgan fingerprint density at radius 1 is 1.19 bits per heavy atom. The Morgan fingerprint density at radius 3 is 2.54 bits per heavy atom. The van der Waals surface area contributed by atoms with Gasteiger partial charge in [0, 0.05) is 24.7 Å². The quantitative estimate of drug-likeness (QED) is 0.563. The molecule has 0 unspecified atom stereocenters. The van der Waals surface area contributed by atoms with E-state index >= 15 is 0 Å². The number of halogens is 1. The predicted molar refractivity (Wildman–Crippen MR) is 104 cm³/mol. The fourth-order valence-electron chi connectivity index (χ4n) is 2.39. The van der Waals surface area contributed by atoms with Crippen molar-refractivity contribution in [1.29, 1.82) is 0 Å². The van der Waals surface area contributed by atoms with Crippen LogP contribution in [0.3, 0.4) is 0 Å². The second-order valence-electron chi connectivity index (χ2n) is 6.10. The van der Waals surface area contributed by atoms with Gasteiger partial charge in [-0.2, -0.15) is 0 Å². The van der Waals surface area contributed by atoms with Gasteiger partial charge in [0.1, 0.15) is 0 Å². The van der Waals surface area contributed by atoms with Crippen LogP contribution in [0, 0.1) is 6.92 Å². The van der Waals surface area contributed by atoms with Gasteiger partial charge in [0.25, 0.3) is 5.91 Å². The van der Waals surface area contributed by atoms with Gasteiger partial charge >= 0.3 is 5.97 Å². The summed E-state index contributed by atoms with van der Waals surface area (Å²) in [7, 11) is 1.68. The summed E-state index contributed by atoms with van der Waals surface area (Å²) >= 11 is 6.06. The highest BCUT2D eigenvalue weighted by atomic mass is 35.5. The SMILES string of the molecule is Cc1ccc(/C=C/C(=O)O[C@H](C)C(=O)N(C)Cc2ccccc2)cc1Cl. The van der Waals surface area contributed by atoms with Gasteiger partial charge in [0.2, 0.25) is 0 Å². The van der Waals surface area contributed by atoms with Crippen LogP contribution in [0.2, 0.25) is 5.02 Å². The molecule has 26 heavy (non-hydrogen) atoms. The normalized spacial score (nSPS) is 12.0. The summed E-state index contributed by atoms with van der Waals surface area (Å²) in [6.45, 7) is 3.93. The van der Waals surface area contributed by atoms with Gasteiger partial charge in [0.05, 0.1) is 0 Å². The second kappa shape index (κ2) is 9.20. The maximum atomic E-state index is 12.3. The number of hydrogen-bond donors (Lipinski definition) is 0. The van der Waals surface area contributed by atoms with Crippen LogP contribution in [0.1, 0.15) is 23.6 Å². The number of likely N-dealkylation sites (N-methyl/N-ethyl adjacent to an activating group) is 1. The zero-order valence-corrected chi connectivity index (χ0v) is 15.9. The van der Waals surface area contributed by atoms with Crippen LogP contribution in [0.25, 0.3) is 6.08 Å². The van der Waals surface area contributed by atoms with Gasteiger partial charge in [-0.3, -0.25) is 4.79 Å². The smallest absolute Gasteiger partial charge is 0.331 e. The molecule has 0 aromatic heterocycles. The van der Waals surface area contributed by atoms with E-state index in [4.69, 9.17) is 16.3 Å². The maximum absolute atomic E-state index is 12.3. The van der Waals surface area contributed by atoms with Crippen LogP contribution in [0.4, 0.5) is 0 Å². The first-order chi connectivity index (χ1) is 12.4. The molecule has 0 aliphatic heterocycles. The fourth-order valence-corrected chi connectivity index (χ4v) is 2.58. The van der Waals surface area contributed by atoms with Crippen LogP contribution in [-0.4, -0.2) is 29.9 Å². The minimum absolute atomic E-state index is 0.256. The van der Waals surface area contributed by atoms with Crippen molar-refractivity contribution >= 4 is 29.6 Å². The van der Waals surface area contributed by atoms with Crippen molar-refractivity contribution in [3.05, 3.63) is 76.3 Å². The number of amides is 1. The summed E-state index contributed by atoms with van der Waals surface area (Å²) in [4.78, 5) is 25.8. The summed E-state index contributed by atoms with van der Waals surface area (Å²) < 4.78 is 5.20. The number of ether oxygens (including phenoxy) is 1. The highest BCUT2D eigenvalue weighted by molar-refractivity contribution is 6.31. The third kappa shape index (κ3) is 5.74. The lowest BCUT2D eigenvalue weighted by Crippen LogP contribution is -2.36. The zero-order chi connectivity index (χ0) is 19.1. The molecule has 2 aromatic rings. The standard InChI is InChI=1S/C21H22ClNO3/c1-15-9-10-17(13-19(15)22)11-12-20(24)26-16(2)21(25)23(3)14-18-7-5-4-6-8-18/h4-13,16H,14H2,1-3H3/b12-11+/t16-/m1/s1. The van der Waals surface area contributed by atoms with Gasteiger partial charge in [-0.1, -0.05) is 54.1 Å². The lowest BCUT2D eigenvalue weighted by molar-refractivity contribution is -0.154. The monoisotopic (exact) mass is 371 g/mol. The molecule has 0 radical (unpaired) electrons. The molecule has 0 heterocycles. The first kappa shape index (κ1) is 19.7. The average molecular weight is 372 g/mol. The molecule has 0 aliphatic carbocycles. The third-order valence-electron chi connectivity index (χ3n) is 3.89. The van der Waals surface area contributed by atoms with Gasteiger partial charge in [0.15, 0.2) is 6.10 Å². The highest BCUT2D eigenvalue weighted by Crippen LogP contribution is 2.17. The number of carbonyl (C=O) groups is 2. The molecule has 2 aromatic carbocycles. The molecule has 0 fully saturated rings. The molecule has 0 saturated carbocycles. The van der Waals surface area contributed by atoms with Crippen molar-refractivity contribution in [3.8, 4) is 0 Å². The molecular weight excluding hydrogens is 350 g/mol. The van der Waals surface area contributed by atoms with E-state index in [9.17, 15) is 9.59 Å². The summed E-state index contributed by atoms with van der Waals surface area (Å²) in [6, 6.07) is 15.1. The molecule has 5 heteroatoms. The van der Waals surface area contributed by atoms with Crippen molar-refractivity contribution in [2.75, 3.05) is 7.05 Å². The van der Waals surface area contributed by atoms with E-state index in [2.05, 4.69) is 0 Å². The molecule has 0 bridgehead atoms. The Hall–Kier alpha value is -2.59. The summed E-state index contributed by atoms with van der Waals surface area (Å²) in [6.07, 6.45) is 2.04. The molecular formula is C21H22ClNO3. The maximum Gasteiger partial charge on any atom is 0.331 e. The Balaban J connectivity index is 1.89. The molecule has 0 saturated heterocycles. The second-order valence-corrected chi connectivity index (χ2v) is 6.51. The van der Waals surface area contributed by atoms with Crippen LogP contribution in [-0.2, 0) is 20.9 Å². The minimum atomic E-state index is -0.859. The Morgan fingerprint density at radius 2 is 1.88 bits per heavy atom. The van der Waals surface area contributed by atoms with Crippen LogP contribution in [0.15, 0.2) is 54.6 Å². The van der Waals surface area contributed by atoms with E-state index in [1.54, 1.807) is 26.1 Å². The highest BCUT2D eigenvalue weighted by Gasteiger charge is 2.20. The lowest BCUT2D eigenvalue weighted by atomic mass is 10.1. The van der Waals surface area contributed by atoms with E-state index in [0.717, 1.165) is 16.7 Å². The van der Waals surface area contributed by atoms with Crippen molar-refractivity contribution in [2.24, 2.45) is 0 Å². The molecule has 0 spiro atoms. The van der Waals surface area contributed by atoms with Crippen LogP contribution < -0.4 is 0 Å². The topological polar surface area (TPSA) is 46.6 Å². The lowest BCUT2D eigenvalue weighted by Gasteiger charge is -2.21. The molecule has 4 nitrogen and oxygen atoms in total. The number of esters is 1. The van der Waals surface area contributed by atoms with Gasteiger partial charge in [-0.25, -0.2) is 4.79 Å². The first-order valence-electron chi connectivity index (χ1n) is 8.30. The van der Waals surface area contributed by atoms with E-state index < -0.39 is 12.1 Å². The number of carbonyl (C=O) groups excluding carboxylic acids is 2. The van der Waals surface area contributed by atoms with Gasteiger partial charge in [-0.05, 0) is 42.7 Å². The Labute approximate surface area is 159 Å². The van der Waals surface area contributed by atoms with E-state index in [-0.39, 0.29) is 5.91 Å². The average Bonchev–Trinajstić information content (AvgIpc) is 2.62. The summed E-state index contributed by atoms with van der Waals surface area (Å²) in [5, 5.41) is 0.631. The molecule has 1 amide bonds. The third-order valence-corrected chi connectivity index (χ3v) is 4.29. The Bertz CT molecular complexity index is 802. The Kier molecular flexibility index (Phi) is 6.98. The molecule has 0 N–H and O–H groups in total.